The summed E-state index contributed by atoms with van der Waals surface area (Å²) < 4.78 is 24.2. The molecule has 0 bridgehead atoms. The number of esters is 1. The molecule has 0 saturated carbocycles. The van der Waals surface area contributed by atoms with Gasteiger partial charge in [-0.1, -0.05) is 13.8 Å². The molecule has 0 aliphatic carbocycles. The number of carbonyl (C=O) groups is 1. The first-order chi connectivity index (χ1) is 9.85. The molecule has 0 radical (unpaired) electrons. The predicted molar refractivity (Wildman–Crippen MR) is 79.5 cm³/mol. The number of nitrogens with one attached hydrogen (secondary N) is 1. The van der Waals surface area contributed by atoms with Gasteiger partial charge < -0.3 is 20.5 Å². The zero-order valence-electron chi connectivity index (χ0n) is 12.9. The van der Waals surface area contributed by atoms with Crippen LogP contribution in [0.4, 0.5) is 10.1 Å². The third kappa shape index (κ3) is 5.23. The summed E-state index contributed by atoms with van der Waals surface area (Å²) in [4.78, 5) is 11.9. The normalized spacial score (nSPS) is 13.8. The molecule has 1 aromatic carbocycles. The average Bonchev–Trinajstić information content (AvgIpc) is 2.40. The maximum atomic E-state index is 13.6. The number of ether oxygens (including phenoxy) is 2. The van der Waals surface area contributed by atoms with Gasteiger partial charge in [0, 0.05) is 11.8 Å². The molecular weight excluding hydrogens is 275 g/mol. The zero-order valence-corrected chi connectivity index (χ0v) is 12.9. The molecule has 2 atom stereocenters. The predicted octanol–water partition coefficient (Wildman–Crippen LogP) is 1.96. The van der Waals surface area contributed by atoms with E-state index in [1.807, 2.05) is 13.8 Å². The topological polar surface area (TPSA) is 73.6 Å². The minimum Gasteiger partial charge on any atom is -0.484 e. The Morgan fingerprint density at radius 1 is 1.38 bits per heavy atom. The summed E-state index contributed by atoms with van der Waals surface area (Å²) in [5, 5.41) is 2.90. The molecule has 0 unspecified atom stereocenters. The molecule has 0 saturated heterocycles. The van der Waals surface area contributed by atoms with Crippen LogP contribution in [0.5, 0.6) is 5.75 Å². The van der Waals surface area contributed by atoms with Gasteiger partial charge in [-0.05, 0) is 32.0 Å². The molecule has 0 fully saturated rings. The summed E-state index contributed by atoms with van der Waals surface area (Å²) in [5.74, 6) is -0.681. The van der Waals surface area contributed by atoms with E-state index in [9.17, 15) is 9.18 Å². The lowest BCUT2D eigenvalue weighted by Crippen LogP contribution is -2.41. The smallest absolute Gasteiger partial charge is 0.323 e. The van der Waals surface area contributed by atoms with Crippen LogP contribution in [-0.4, -0.2) is 31.8 Å². The standard InChI is InChI=1S/C15H23FN2O3/c1-9(2)14(18-4)15(19)20-8-10(3)21-13-6-5-11(17)7-12(13)16/h5-7,9-10,14,18H,8,17H2,1-4H3/t10-,14+/m1/s1. The van der Waals surface area contributed by atoms with E-state index in [1.54, 1.807) is 20.0 Å². The molecule has 0 aliphatic heterocycles. The number of nitrogen functional groups attached to an aromatic ring is 1. The van der Waals surface area contributed by atoms with Crippen LogP contribution in [0.3, 0.4) is 0 Å². The van der Waals surface area contributed by atoms with E-state index in [4.69, 9.17) is 15.2 Å². The van der Waals surface area contributed by atoms with Crippen LogP contribution in [0, 0.1) is 11.7 Å². The third-order valence-corrected chi connectivity index (χ3v) is 2.98. The van der Waals surface area contributed by atoms with E-state index in [1.165, 1.54) is 12.1 Å². The van der Waals surface area contributed by atoms with Gasteiger partial charge in [-0.2, -0.15) is 0 Å². The SMILES string of the molecule is CN[C@H](C(=O)OC[C@@H](C)Oc1ccc(N)cc1F)C(C)C. The van der Waals surface area contributed by atoms with Gasteiger partial charge in [-0.25, -0.2) is 4.39 Å². The van der Waals surface area contributed by atoms with E-state index in [-0.39, 0.29) is 30.3 Å². The highest BCUT2D eigenvalue weighted by Gasteiger charge is 2.22. The van der Waals surface area contributed by atoms with Crippen molar-refractivity contribution in [1.82, 2.24) is 5.32 Å². The van der Waals surface area contributed by atoms with Crippen molar-refractivity contribution in [2.45, 2.75) is 32.9 Å². The average molecular weight is 298 g/mol. The number of halogens is 1. The lowest BCUT2D eigenvalue weighted by atomic mass is 10.1. The second-order valence-corrected chi connectivity index (χ2v) is 5.26. The fourth-order valence-electron chi connectivity index (χ4n) is 1.88. The van der Waals surface area contributed by atoms with Crippen molar-refractivity contribution in [2.24, 2.45) is 5.92 Å². The van der Waals surface area contributed by atoms with E-state index < -0.39 is 11.9 Å². The molecule has 0 heterocycles. The minimum atomic E-state index is -0.538. The fraction of sp³-hybridized carbons (Fsp3) is 0.533. The first-order valence-electron chi connectivity index (χ1n) is 6.90. The summed E-state index contributed by atoms with van der Waals surface area (Å²) >= 11 is 0. The van der Waals surface area contributed by atoms with Crippen LogP contribution < -0.4 is 15.8 Å². The van der Waals surface area contributed by atoms with Crippen molar-refractivity contribution < 1.29 is 18.7 Å². The van der Waals surface area contributed by atoms with Gasteiger partial charge in [0.15, 0.2) is 11.6 Å². The number of benzene rings is 1. The van der Waals surface area contributed by atoms with Crippen LogP contribution in [0.1, 0.15) is 20.8 Å². The maximum Gasteiger partial charge on any atom is 0.323 e. The summed E-state index contributed by atoms with van der Waals surface area (Å²) in [6, 6.07) is 3.81. The van der Waals surface area contributed by atoms with Crippen molar-refractivity contribution in [2.75, 3.05) is 19.4 Å². The van der Waals surface area contributed by atoms with Gasteiger partial charge in [0.1, 0.15) is 18.8 Å². The molecule has 1 aromatic rings. The molecule has 0 spiro atoms. The molecular formula is C15H23FN2O3. The van der Waals surface area contributed by atoms with Crippen LogP contribution in [0.15, 0.2) is 18.2 Å². The van der Waals surface area contributed by atoms with Gasteiger partial charge in [0.2, 0.25) is 0 Å². The Balaban J connectivity index is 2.50. The van der Waals surface area contributed by atoms with Crippen molar-refractivity contribution in [3.63, 3.8) is 0 Å². The van der Waals surface area contributed by atoms with Gasteiger partial charge in [-0.15, -0.1) is 0 Å². The second kappa shape index (κ2) is 7.83. The Labute approximate surface area is 124 Å². The van der Waals surface area contributed by atoms with E-state index >= 15 is 0 Å². The van der Waals surface area contributed by atoms with Gasteiger partial charge in [0.05, 0.1) is 0 Å². The lowest BCUT2D eigenvalue weighted by molar-refractivity contribution is -0.149. The van der Waals surface area contributed by atoms with Gasteiger partial charge in [-0.3, -0.25) is 4.79 Å². The Hall–Kier alpha value is -1.82. The summed E-state index contributed by atoms with van der Waals surface area (Å²) in [6.07, 6.45) is -0.461. The first kappa shape index (κ1) is 17.2. The Kier molecular flexibility index (Phi) is 6.42. The van der Waals surface area contributed by atoms with Gasteiger partial charge >= 0.3 is 5.97 Å². The lowest BCUT2D eigenvalue weighted by Gasteiger charge is -2.20. The Morgan fingerprint density at radius 3 is 2.57 bits per heavy atom. The third-order valence-electron chi connectivity index (χ3n) is 2.98. The van der Waals surface area contributed by atoms with Crippen molar-refractivity contribution >= 4 is 11.7 Å². The van der Waals surface area contributed by atoms with Gasteiger partial charge in [0.25, 0.3) is 0 Å². The number of hydrogen-bond acceptors (Lipinski definition) is 5. The van der Waals surface area contributed by atoms with Crippen molar-refractivity contribution in [3.05, 3.63) is 24.0 Å². The number of anilines is 1. The Morgan fingerprint density at radius 2 is 2.05 bits per heavy atom. The summed E-state index contributed by atoms with van der Waals surface area (Å²) in [7, 11) is 1.70. The maximum absolute atomic E-state index is 13.6. The molecule has 6 heteroatoms. The zero-order chi connectivity index (χ0) is 16.0. The first-order valence-corrected chi connectivity index (χ1v) is 6.90. The second-order valence-electron chi connectivity index (χ2n) is 5.26. The number of rotatable bonds is 7. The number of hydrogen-bond donors (Lipinski definition) is 2. The monoisotopic (exact) mass is 298 g/mol. The molecule has 0 amide bonds. The largest absolute Gasteiger partial charge is 0.484 e. The molecule has 21 heavy (non-hydrogen) atoms. The Bertz CT molecular complexity index is 480. The molecule has 5 nitrogen and oxygen atoms in total. The minimum absolute atomic E-state index is 0.0492. The summed E-state index contributed by atoms with van der Waals surface area (Å²) in [5.41, 5.74) is 5.79. The van der Waals surface area contributed by atoms with Crippen LogP contribution >= 0.6 is 0 Å². The molecule has 3 N–H and O–H groups in total. The quantitative estimate of drug-likeness (QED) is 0.594. The number of carbonyl (C=O) groups excluding carboxylic acids is 1. The van der Waals surface area contributed by atoms with Crippen LogP contribution in [0.2, 0.25) is 0 Å². The van der Waals surface area contributed by atoms with Crippen LogP contribution in [-0.2, 0) is 9.53 Å². The molecule has 118 valence electrons. The van der Waals surface area contributed by atoms with Crippen molar-refractivity contribution in [3.8, 4) is 5.75 Å². The summed E-state index contributed by atoms with van der Waals surface area (Å²) in [6.45, 7) is 5.60. The molecule has 0 aliphatic rings. The van der Waals surface area contributed by atoms with Crippen LogP contribution in [0.25, 0.3) is 0 Å². The highest BCUT2D eigenvalue weighted by Crippen LogP contribution is 2.20. The molecule has 0 aromatic heterocycles. The number of nitrogens with two attached hydrogens (primary N) is 1. The number of likely N-dealkylation sites (N-methyl/N-ethyl adjacent to an activating group) is 1. The van der Waals surface area contributed by atoms with E-state index in [2.05, 4.69) is 5.32 Å². The highest BCUT2D eigenvalue weighted by molar-refractivity contribution is 5.76. The molecule has 1 rings (SSSR count). The fourth-order valence-corrected chi connectivity index (χ4v) is 1.88. The van der Waals surface area contributed by atoms with Crippen molar-refractivity contribution in [1.29, 1.82) is 0 Å². The highest BCUT2D eigenvalue weighted by atomic mass is 19.1. The van der Waals surface area contributed by atoms with E-state index in [0.717, 1.165) is 0 Å². The van der Waals surface area contributed by atoms with E-state index in [0.29, 0.717) is 5.69 Å².